The molecule has 3 amide bonds. The first kappa shape index (κ1) is 16.6. The number of aromatic nitrogens is 1. The zero-order valence-corrected chi connectivity index (χ0v) is 13.7. The molecule has 128 valence electrons. The number of nitrogens with one attached hydrogen (secondary N) is 1. The van der Waals surface area contributed by atoms with Gasteiger partial charge in [-0.05, 0) is 31.2 Å². The number of amides is 3. The fraction of sp³-hybridized carbons (Fsp3) is 0.222. The van der Waals surface area contributed by atoms with Crippen molar-refractivity contribution in [3.05, 3.63) is 53.7 Å². The van der Waals surface area contributed by atoms with Crippen molar-refractivity contribution in [2.24, 2.45) is 0 Å². The molecule has 0 radical (unpaired) electrons. The van der Waals surface area contributed by atoms with E-state index in [0.717, 1.165) is 4.90 Å². The first-order valence-electron chi connectivity index (χ1n) is 7.94. The maximum atomic E-state index is 12.3. The van der Waals surface area contributed by atoms with E-state index >= 15 is 0 Å². The number of carbonyl (C=O) groups excluding carboxylic acids is 3. The van der Waals surface area contributed by atoms with Gasteiger partial charge in [0.2, 0.25) is 5.91 Å². The molecule has 0 atom stereocenters. The summed E-state index contributed by atoms with van der Waals surface area (Å²) in [5.41, 5.74) is 0.743. The molecule has 7 heteroatoms. The van der Waals surface area contributed by atoms with Crippen molar-refractivity contribution in [2.75, 3.05) is 18.5 Å². The molecule has 25 heavy (non-hydrogen) atoms. The van der Waals surface area contributed by atoms with Crippen LogP contribution in [-0.4, -0.2) is 40.8 Å². The molecule has 1 aliphatic heterocycles. The van der Waals surface area contributed by atoms with Gasteiger partial charge in [0.15, 0.2) is 11.6 Å². The van der Waals surface area contributed by atoms with Gasteiger partial charge in [-0.15, -0.1) is 0 Å². The Hall–Kier alpha value is -3.22. The Balaban J connectivity index is 1.62. The molecule has 0 fully saturated rings. The first-order chi connectivity index (χ1) is 12.1. The van der Waals surface area contributed by atoms with Crippen molar-refractivity contribution in [3.63, 3.8) is 0 Å². The summed E-state index contributed by atoms with van der Waals surface area (Å²) >= 11 is 0. The Bertz CT molecular complexity index is 800. The lowest BCUT2D eigenvalue weighted by atomic mass is 10.1. The Morgan fingerprint density at radius 2 is 1.80 bits per heavy atom. The number of imide groups is 1. The fourth-order valence-electron chi connectivity index (χ4n) is 2.61. The van der Waals surface area contributed by atoms with E-state index in [1.54, 1.807) is 42.6 Å². The Morgan fingerprint density at radius 1 is 1.12 bits per heavy atom. The van der Waals surface area contributed by atoms with Gasteiger partial charge in [-0.2, -0.15) is 0 Å². The van der Waals surface area contributed by atoms with Gasteiger partial charge in [-0.1, -0.05) is 12.1 Å². The lowest BCUT2D eigenvalue weighted by molar-refractivity contribution is -0.116. The summed E-state index contributed by atoms with van der Waals surface area (Å²) in [6.07, 6.45) is 1.52. The zero-order valence-electron chi connectivity index (χ0n) is 13.7. The Morgan fingerprint density at radius 3 is 2.44 bits per heavy atom. The Labute approximate surface area is 144 Å². The van der Waals surface area contributed by atoms with Crippen LogP contribution in [0.3, 0.4) is 0 Å². The number of nitrogens with zero attached hydrogens (tertiary/aromatic N) is 2. The lowest BCUT2D eigenvalue weighted by Gasteiger charge is -2.14. The van der Waals surface area contributed by atoms with Crippen molar-refractivity contribution in [3.8, 4) is 5.75 Å². The molecule has 0 saturated carbocycles. The zero-order chi connectivity index (χ0) is 17.8. The SMILES string of the molecule is CCOc1cccnc1NC(=O)CCN1C(=O)c2ccccc2C1=O. The second-order valence-corrected chi connectivity index (χ2v) is 5.39. The summed E-state index contributed by atoms with van der Waals surface area (Å²) < 4.78 is 5.40. The normalized spacial score (nSPS) is 12.9. The van der Waals surface area contributed by atoms with Gasteiger partial charge in [0.25, 0.3) is 11.8 Å². The number of carbonyl (C=O) groups is 3. The van der Waals surface area contributed by atoms with Gasteiger partial charge >= 0.3 is 0 Å². The quantitative estimate of drug-likeness (QED) is 0.814. The van der Waals surface area contributed by atoms with Crippen LogP contribution in [0.15, 0.2) is 42.6 Å². The first-order valence-corrected chi connectivity index (χ1v) is 7.94. The summed E-state index contributed by atoms with van der Waals surface area (Å²) in [5, 5.41) is 2.65. The topological polar surface area (TPSA) is 88.6 Å². The molecule has 0 bridgehead atoms. The number of hydrogen-bond donors (Lipinski definition) is 1. The van der Waals surface area contributed by atoms with Gasteiger partial charge in [-0.25, -0.2) is 4.98 Å². The molecule has 0 unspecified atom stereocenters. The predicted molar refractivity (Wildman–Crippen MR) is 90.5 cm³/mol. The van der Waals surface area contributed by atoms with Crippen molar-refractivity contribution < 1.29 is 19.1 Å². The number of benzene rings is 1. The molecular weight excluding hydrogens is 322 g/mol. The molecule has 1 N–H and O–H groups in total. The summed E-state index contributed by atoms with van der Waals surface area (Å²) in [6.45, 7) is 2.29. The van der Waals surface area contributed by atoms with Gasteiger partial charge in [0, 0.05) is 19.2 Å². The molecule has 1 aromatic carbocycles. The minimum Gasteiger partial charge on any atom is -0.490 e. The molecule has 1 aliphatic rings. The second kappa shape index (κ2) is 7.12. The minimum absolute atomic E-state index is 0.00891. The van der Waals surface area contributed by atoms with Crippen LogP contribution in [0.1, 0.15) is 34.1 Å². The molecule has 0 saturated heterocycles. The summed E-state index contributed by atoms with van der Waals surface area (Å²) in [5.74, 6) is -0.311. The standard InChI is InChI=1S/C18H17N3O4/c1-2-25-14-8-5-10-19-16(14)20-15(22)9-11-21-17(23)12-6-3-4-7-13(12)18(21)24/h3-8,10H,2,9,11H2,1H3,(H,19,20,22). The average Bonchev–Trinajstić information content (AvgIpc) is 2.86. The highest BCUT2D eigenvalue weighted by Gasteiger charge is 2.34. The molecule has 2 aromatic rings. The molecule has 1 aromatic heterocycles. The molecule has 3 rings (SSSR count). The van der Waals surface area contributed by atoms with E-state index in [0.29, 0.717) is 29.3 Å². The number of ether oxygens (including phenoxy) is 1. The van der Waals surface area contributed by atoms with E-state index in [2.05, 4.69) is 10.3 Å². The van der Waals surface area contributed by atoms with Crippen LogP contribution in [-0.2, 0) is 4.79 Å². The highest BCUT2D eigenvalue weighted by atomic mass is 16.5. The van der Waals surface area contributed by atoms with Crippen molar-refractivity contribution >= 4 is 23.5 Å². The molecule has 0 spiro atoms. The molecule has 7 nitrogen and oxygen atoms in total. The van der Waals surface area contributed by atoms with Gasteiger partial charge in [0.05, 0.1) is 17.7 Å². The van der Waals surface area contributed by atoms with Crippen LogP contribution in [0.25, 0.3) is 0 Å². The third kappa shape index (κ3) is 3.35. The predicted octanol–water partition coefficient (Wildman–Crippen LogP) is 2.11. The second-order valence-electron chi connectivity index (χ2n) is 5.39. The van der Waals surface area contributed by atoms with Crippen LogP contribution in [0, 0.1) is 0 Å². The van der Waals surface area contributed by atoms with E-state index in [4.69, 9.17) is 4.74 Å². The van der Waals surface area contributed by atoms with Gasteiger partial charge < -0.3 is 10.1 Å². The third-order valence-electron chi connectivity index (χ3n) is 3.77. The summed E-state index contributed by atoms with van der Waals surface area (Å²) in [4.78, 5) is 41.8. The highest BCUT2D eigenvalue weighted by Crippen LogP contribution is 2.23. The largest absolute Gasteiger partial charge is 0.490 e. The van der Waals surface area contributed by atoms with E-state index in [-0.39, 0.29) is 30.7 Å². The van der Waals surface area contributed by atoms with Gasteiger partial charge in [0.1, 0.15) is 0 Å². The monoisotopic (exact) mass is 339 g/mol. The van der Waals surface area contributed by atoms with E-state index in [1.807, 2.05) is 6.92 Å². The number of pyridine rings is 1. The lowest BCUT2D eigenvalue weighted by Crippen LogP contribution is -2.33. The molecule has 0 aliphatic carbocycles. The number of rotatable bonds is 6. The number of fused-ring (bicyclic) bond motifs is 1. The smallest absolute Gasteiger partial charge is 0.261 e. The van der Waals surface area contributed by atoms with Crippen LogP contribution in [0.2, 0.25) is 0 Å². The van der Waals surface area contributed by atoms with Crippen molar-refractivity contribution in [1.82, 2.24) is 9.88 Å². The van der Waals surface area contributed by atoms with Gasteiger partial charge in [-0.3, -0.25) is 19.3 Å². The third-order valence-corrected chi connectivity index (χ3v) is 3.77. The minimum atomic E-state index is -0.374. The maximum Gasteiger partial charge on any atom is 0.261 e. The van der Waals surface area contributed by atoms with E-state index in [1.165, 1.54) is 0 Å². The highest BCUT2D eigenvalue weighted by molar-refractivity contribution is 6.21. The van der Waals surface area contributed by atoms with Crippen LogP contribution in [0.5, 0.6) is 5.75 Å². The fourth-order valence-corrected chi connectivity index (χ4v) is 2.61. The van der Waals surface area contributed by atoms with E-state index in [9.17, 15) is 14.4 Å². The Kier molecular flexibility index (Phi) is 4.74. The summed E-state index contributed by atoms with van der Waals surface area (Å²) in [7, 11) is 0. The van der Waals surface area contributed by atoms with Crippen molar-refractivity contribution in [2.45, 2.75) is 13.3 Å². The average molecular weight is 339 g/mol. The molecular formula is C18H17N3O4. The summed E-state index contributed by atoms with van der Waals surface area (Å²) in [6, 6.07) is 10.0. The van der Waals surface area contributed by atoms with Crippen molar-refractivity contribution in [1.29, 1.82) is 0 Å². The van der Waals surface area contributed by atoms with Crippen LogP contribution < -0.4 is 10.1 Å². The molecule has 2 heterocycles. The number of anilines is 1. The van der Waals surface area contributed by atoms with E-state index < -0.39 is 0 Å². The number of hydrogen-bond acceptors (Lipinski definition) is 5. The maximum absolute atomic E-state index is 12.3. The van der Waals surface area contributed by atoms with Crippen LogP contribution >= 0.6 is 0 Å². The van der Waals surface area contributed by atoms with Crippen LogP contribution in [0.4, 0.5) is 5.82 Å².